The molecule has 1 aromatic carbocycles. The number of piperazine rings is 1. The molecule has 1 aliphatic rings. The minimum absolute atomic E-state index is 0.141. The SMILES string of the molecule is COC(=O)c1sc(NC(=O)CN2CCN(c3ccc(F)cc3)CC2)c(C(=O)OC)c1C. The van der Waals surface area contributed by atoms with Crippen molar-refractivity contribution >= 4 is 39.9 Å². The smallest absolute Gasteiger partial charge is 0.348 e. The fourth-order valence-corrected chi connectivity index (χ4v) is 4.55. The topological polar surface area (TPSA) is 88.2 Å². The summed E-state index contributed by atoms with van der Waals surface area (Å²) >= 11 is 0.987. The van der Waals surface area contributed by atoms with Crippen LogP contribution in [0.2, 0.25) is 0 Å². The molecule has 1 fully saturated rings. The van der Waals surface area contributed by atoms with E-state index in [9.17, 15) is 18.8 Å². The van der Waals surface area contributed by atoms with Crippen LogP contribution in [-0.4, -0.2) is 69.7 Å². The van der Waals surface area contributed by atoms with E-state index in [1.54, 1.807) is 19.1 Å². The van der Waals surface area contributed by atoms with Gasteiger partial charge in [-0.05, 0) is 36.8 Å². The van der Waals surface area contributed by atoms with Crippen molar-refractivity contribution in [2.45, 2.75) is 6.92 Å². The maximum Gasteiger partial charge on any atom is 0.348 e. The van der Waals surface area contributed by atoms with Crippen molar-refractivity contribution in [3.8, 4) is 0 Å². The standard InChI is InChI=1S/C21H24FN3O5S/c1-13-17(20(27)29-2)19(31-18(13)21(28)30-3)23-16(26)12-24-8-10-25(11-9-24)15-6-4-14(22)5-7-15/h4-7H,8-12H2,1-3H3,(H,23,26). The first-order valence-corrected chi connectivity index (χ1v) is 10.5. The molecule has 0 bridgehead atoms. The number of carbonyl (C=O) groups is 3. The molecular weight excluding hydrogens is 425 g/mol. The normalized spacial score (nSPS) is 14.3. The minimum atomic E-state index is -0.632. The second-order valence-electron chi connectivity index (χ2n) is 7.03. The van der Waals surface area contributed by atoms with E-state index in [1.165, 1.54) is 26.4 Å². The first kappa shape index (κ1) is 22.7. The zero-order valence-electron chi connectivity index (χ0n) is 17.6. The van der Waals surface area contributed by atoms with Gasteiger partial charge in [0, 0.05) is 31.9 Å². The predicted octanol–water partition coefficient (Wildman–Crippen LogP) is 2.53. The van der Waals surface area contributed by atoms with Gasteiger partial charge in [-0.3, -0.25) is 9.69 Å². The van der Waals surface area contributed by atoms with Crippen LogP contribution in [-0.2, 0) is 14.3 Å². The van der Waals surface area contributed by atoms with Crippen molar-refractivity contribution < 1.29 is 28.2 Å². The number of nitrogens with zero attached hydrogens (tertiary/aromatic N) is 2. The Balaban J connectivity index is 1.63. The molecule has 8 nitrogen and oxygen atoms in total. The zero-order valence-corrected chi connectivity index (χ0v) is 18.4. The number of thiophene rings is 1. The Morgan fingerprint density at radius 2 is 1.65 bits per heavy atom. The molecule has 1 saturated heterocycles. The Hall–Kier alpha value is -2.98. The molecule has 3 rings (SSSR count). The van der Waals surface area contributed by atoms with Crippen LogP contribution in [0, 0.1) is 12.7 Å². The molecule has 1 aromatic heterocycles. The number of halogens is 1. The van der Waals surface area contributed by atoms with Gasteiger partial charge in [0.25, 0.3) is 0 Å². The van der Waals surface area contributed by atoms with Gasteiger partial charge >= 0.3 is 11.9 Å². The molecule has 0 radical (unpaired) electrons. The minimum Gasteiger partial charge on any atom is -0.465 e. The Morgan fingerprint density at radius 1 is 1.03 bits per heavy atom. The molecule has 166 valence electrons. The molecule has 0 atom stereocenters. The van der Waals surface area contributed by atoms with Crippen LogP contribution in [0.15, 0.2) is 24.3 Å². The highest BCUT2D eigenvalue weighted by Crippen LogP contribution is 2.34. The number of amides is 1. The summed E-state index contributed by atoms with van der Waals surface area (Å²) in [6.45, 7) is 4.48. The van der Waals surface area contributed by atoms with Gasteiger partial charge in [0.05, 0.1) is 26.3 Å². The van der Waals surface area contributed by atoms with E-state index in [1.807, 2.05) is 4.90 Å². The number of benzene rings is 1. The predicted molar refractivity (Wildman–Crippen MR) is 115 cm³/mol. The maximum atomic E-state index is 13.1. The van der Waals surface area contributed by atoms with Crippen LogP contribution in [0.3, 0.4) is 0 Å². The van der Waals surface area contributed by atoms with Crippen LogP contribution < -0.4 is 10.2 Å². The molecule has 1 N–H and O–H groups in total. The molecular formula is C21H24FN3O5S. The Labute approximate surface area is 183 Å². The number of nitrogens with one attached hydrogen (secondary N) is 1. The van der Waals surface area contributed by atoms with Crippen molar-refractivity contribution in [3.63, 3.8) is 0 Å². The fraction of sp³-hybridized carbons (Fsp3) is 0.381. The van der Waals surface area contributed by atoms with Crippen molar-refractivity contribution in [2.75, 3.05) is 57.2 Å². The molecule has 1 amide bonds. The monoisotopic (exact) mass is 449 g/mol. The Kier molecular flexibility index (Phi) is 7.24. The first-order valence-electron chi connectivity index (χ1n) is 9.66. The zero-order chi connectivity index (χ0) is 22.5. The van der Waals surface area contributed by atoms with E-state index in [-0.39, 0.29) is 33.7 Å². The van der Waals surface area contributed by atoms with E-state index in [0.717, 1.165) is 17.0 Å². The number of hydrogen-bond donors (Lipinski definition) is 1. The quantitative estimate of drug-likeness (QED) is 0.678. The summed E-state index contributed by atoms with van der Waals surface area (Å²) in [5.74, 6) is -1.78. The molecule has 2 heterocycles. The molecule has 0 unspecified atom stereocenters. The van der Waals surface area contributed by atoms with Gasteiger partial charge in [0.1, 0.15) is 15.7 Å². The Bertz CT molecular complexity index is 968. The van der Waals surface area contributed by atoms with Crippen molar-refractivity contribution in [2.24, 2.45) is 0 Å². The first-order chi connectivity index (χ1) is 14.8. The maximum absolute atomic E-state index is 13.1. The van der Waals surface area contributed by atoms with Crippen LogP contribution in [0.4, 0.5) is 15.1 Å². The third kappa shape index (κ3) is 5.20. The highest BCUT2D eigenvalue weighted by molar-refractivity contribution is 7.18. The van der Waals surface area contributed by atoms with Gasteiger partial charge in [-0.25, -0.2) is 14.0 Å². The number of anilines is 2. The molecule has 0 aliphatic carbocycles. The lowest BCUT2D eigenvalue weighted by Crippen LogP contribution is -2.48. The number of methoxy groups -OCH3 is 2. The third-order valence-corrected chi connectivity index (χ3v) is 6.28. The van der Waals surface area contributed by atoms with Crippen LogP contribution in [0.5, 0.6) is 0 Å². The van der Waals surface area contributed by atoms with Gasteiger partial charge in [-0.1, -0.05) is 0 Å². The summed E-state index contributed by atoms with van der Waals surface area (Å²) in [5.41, 5.74) is 1.51. The van der Waals surface area contributed by atoms with Crippen LogP contribution in [0.1, 0.15) is 25.6 Å². The van der Waals surface area contributed by atoms with Crippen LogP contribution in [0.25, 0.3) is 0 Å². The van der Waals surface area contributed by atoms with E-state index in [4.69, 9.17) is 9.47 Å². The lowest BCUT2D eigenvalue weighted by molar-refractivity contribution is -0.117. The van der Waals surface area contributed by atoms with Crippen LogP contribution >= 0.6 is 11.3 Å². The molecule has 0 spiro atoms. The largest absolute Gasteiger partial charge is 0.465 e. The van der Waals surface area contributed by atoms with Gasteiger partial charge in [-0.15, -0.1) is 11.3 Å². The number of rotatable bonds is 6. The van der Waals surface area contributed by atoms with E-state index < -0.39 is 11.9 Å². The fourth-order valence-electron chi connectivity index (χ4n) is 3.42. The highest BCUT2D eigenvalue weighted by Gasteiger charge is 2.27. The number of hydrogen-bond acceptors (Lipinski definition) is 8. The second-order valence-corrected chi connectivity index (χ2v) is 8.05. The summed E-state index contributed by atoms with van der Waals surface area (Å²) in [6.07, 6.45) is 0. The summed E-state index contributed by atoms with van der Waals surface area (Å²) in [7, 11) is 2.49. The van der Waals surface area contributed by atoms with Gasteiger partial charge < -0.3 is 19.7 Å². The number of ether oxygens (including phenoxy) is 2. The van der Waals surface area contributed by atoms with Crippen molar-refractivity contribution in [1.29, 1.82) is 0 Å². The lowest BCUT2D eigenvalue weighted by Gasteiger charge is -2.35. The molecule has 10 heteroatoms. The molecule has 1 aliphatic heterocycles. The summed E-state index contributed by atoms with van der Waals surface area (Å²) < 4.78 is 22.7. The van der Waals surface area contributed by atoms with Gasteiger partial charge in [0.15, 0.2) is 0 Å². The average Bonchev–Trinajstić information content (AvgIpc) is 3.09. The van der Waals surface area contributed by atoms with Crippen molar-refractivity contribution in [3.05, 3.63) is 46.1 Å². The lowest BCUT2D eigenvalue weighted by atomic mass is 10.1. The third-order valence-electron chi connectivity index (χ3n) is 5.09. The molecule has 0 saturated carbocycles. The molecule has 2 aromatic rings. The number of esters is 2. The highest BCUT2D eigenvalue weighted by atomic mass is 32.1. The van der Waals surface area contributed by atoms with E-state index in [0.29, 0.717) is 31.7 Å². The van der Waals surface area contributed by atoms with E-state index in [2.05, 4.69) is 10.2 Å². The summed E-state index contributed by atoms with van der Waals surface area (Å²) in [5, 5.41) is 3.00. The second kappa shape index (κ2) is 9.88. The molecule has 31 heavy (non-hydrogen) atoms. The van der Waals surface area contributed by atoms with Crippen molar-refractivity contribution in [1.82, 2.24) is 4.90 Å². The number of carbonyl (C=O) groups excluding carboxylic acids is 3. The summed E-state index contributed by atoms with van der Waals surface area (Å²) in [6, 6.07) is 6.34. The van der Waals surface area contributed by atoms with Gasteiger partial charge in [0.2, 0.25) is 5.91 Å². The average molecular weight is 450 g/mol. The van der Waals surface area contributed by atoms with E-state index >= 15 is 0 Å². The summed E-state index contributed by atoms with van der Waals surface area (Å²) in [4.78, 5) is 41.1. The Morgan fingerprint density at radius 3 is 2.23 bits per heavy atom. The van der Waals surface area contributed by atoms with Gasteiger partial charge in [-0.2, -0.15) is 0 Å².